The summed E-state index contributed by atoms with van der Waals surface area (Å²) in [6, 6.07) is 11.9. The molecule has 1 aliphatic heterocycles. The van der Waals surface area contributed by atoms with Crippen molar-refractivity contribution in [1.29, 1.82) is 0 Å². The van der Waals surface area contributed by atoms with Gasteiger partial charge in [-0.3, -0.25) is 0 Å². The molecular weight excluding hydrogens is 448 g/mol. The van der Waals surface area contributed by atoms with Crippen LogP contribution in [-0.2, 0) is 9.47 Å². The summed E-state index contributed by atoms with van der Waals surface area (Å²) >= 11 is 0. The van der Waals surface area contributed by atoms with E-state index in [1.165, 1.54) is 54.6 Å². The van der Waals surface area contributed by atoms with Crippen molar-refractivity contribution in [3.05, 3.63) is 90.0 Å². The zero-order chi connectivity index (χ0) is 24.2. The van der Waals surface area contributed by atoms with Gasteiger partial charge in [-0.25, -0.2) is 13.2 Å². The molecule has 1 saturated heterocycles. The SMILES string of the molecule is C=CC1OCC(c2ccc(-c3ccc(-c4ccc(OCCC)c(F)c4F)cc3)c(F)c2F)CO1. The maximum atomic E-state index is 14.9. The minimum atomic E-state index is -1.06. The van der Waals surface area contributed by atoms with E-state index in [1.807, 2.05) is 6.92 Å². The van der Waals surface area contributed by atoms with Crippen LogP contribution in [0.15, 0.2) is 61.2 Å². The molecule has 0 amide bonds. The van der Waals surface area contributed by atoms with E-state index in [0.29, 0.717) is 17.5 Å². The van der Waals surface area contributed by atoms with Crippen molar-refractivity contribution in [2.75, 3.05) is 19.8 Å². The highest BCUT2D eigenvalue weighted by molar-refractivity contribution is 5.71. The van der Waals surface area contributed by atoms with Gasteiger partial charge in [0.1, 0.15) is 0 Å². The van der Waals surface area contributed by atoms with Crippen molar-refractivity contribution in [3.63, 3.8) is 0 Å². The average molecular weight is 472 g/mol. The van der Waals surface area contributed by atoms with Crippen LogP contribution in [0.2, 0.25) is 0 Å². The first-order chi connectivity index (χ1) is 16.4. The molecule has 7 heteroatoms. The predicted octanol–water partition coefficient (Wildman–Crippen LogP) is 7.01. The second kappa shape index (κ2) is 10.4. The molecule has 1 fully saturated rings. The molecule has 0 aliphatic carbocycles. The van der Waals surface area contributed by atoms with Crippen LogP contribution < -0.4 is 4.74 Å². The van der Waals surface area contributed by atoms with E-state index in [2.05, 4.69) is 6.58 Å². The van der Waals surface area contributed by atoms with Gasteiger partial charge in [0.05, 0.1) is 19.8 Å². The highest BCUT2D eigenvalue weighted by atomic mass is 19.2. The highest BCUT2D eigenvalue weighted by Crippen LogP contribution is 2.34. The van der Waals surface area contributed by atoms with Gasteiger partial charge in [0, 0.05) is 17.0 Å². The summed E-state index contributed by atoms with van der Waals surface area (Å²) in [4.78, 5) is 0. The molecule has 0 saturated carbocycles. The van der Waals surface area contributed by atoms with E-state index in [-0.39, 0.29) is 42.3 Å². The van der Waals surface area contributed by atoms with Crippen LogP contribution in [0, 0.1) is 23.3 Å². The Bertz CT molecular complexity index is 1170. The van der Waals surface area contributed by atoms with Crippen LogP contribution in [0.1, 0.15) is 24.8 Å². The van der Waals surface area contributed by atoms with Crippen LogP contribution >= 0.6 is 0 Å². The molecule has 4 rings (SSSR count). The van der Waals surface area contributed by atoms with Crippen molar-refractivity contribution < 1.29 is 31.8 Å². The maximum Gasteiger partial charge on any atom is 0.201 e. The van der Waals surface area contributed by atoms with Gasteiger partial charge in [0.2, 0.25) is 5.82 Å². The number of benzene rings is 3. The van der Waals surface area contributed by atoms with Gasteiger partial charge in [0.15, 0.2) is 29.5 Å². The Morgan fingerprint density at radius 3 is 1.94 bits per heavy atom. The Kier molecular flexibility index (Phi) is 7.34. The standard InChI is InChI=1S/C27H24F4O3/c1-3-13-32-22-12-11-20(26(30)27(22)31)17-7-5-16(6-8-17)19-9-10-21(25(29)24(19)28)18-14-33-23(4-2)34-15-18/h4-12,18,23H,2-3,13-15H2,1H3. The minimum absolute atomic E-state index is 0.0463. The Morgan fingerprint density at radius 2 is 1.38 bits per heavy atom. The Labute approximate surface area is 195 Å². The number of halogens is 4. The molecule has 3 aromatic carbocycles. The van der Waals surface area contributed by atoms with Gasteiger partial charge >= 0.3 is 0 Å². The van der Waals surface area contributed by atoms with Crippen LogP contribution in [0.5, 0.6) is 5.75 Å². The summed E-state index contributed by atoms with van der Waals surface area (Å²) in [5.74, 6) is -4.64. The Balaban J connectivity index is 1.57. The van der Waals surface area contributed by atoms with E-state index < -0.39 is 35.5 Å². The highest BCUT2D eigenvalue weighted by Gasteiger charge is 2.26. The molecule has 0 unspecified atom stereocenters. The van der Waals surface area contributed by atoms with E-state index in [4.69, 9.17) is 14.2 Å². The lowest BCUT2D eigenvalue weighted by atomic mass is 9.94. The molecule has 0 spiro atoms. The smallest absolute Gasteiger partial charge is 0.201 e. The topological polar surface area (TPSA) is 27.7 Å². The Morgan fingerprint density at radius 1 is 0.824 bits per heavy atom. The molecule has 178 valence electrons. The lowest BCUT2D eigenvalue weighted by Crippen LogP contribution is -2.30. The molecule has 1 heterocycles. The van der Waals surface area contributed by atoms with E-state index in [9.17, 15) is 17.6 Å². The zero-order valence-electron chi connectivity index (χ0n) is 18.6. The summed E-state index contributed by atoms with van der Waals surface area (Å²) in [6.07, 6.45) is 1.61. The molecule has 0 bridgehead atoms. The first kappa shape index (κ1) is 24.0. The van der Waals surface area contributed by atoms with Crippen molar-refractivity contribution in [2.24, 2.45) is 0 Å². The van der Waals surface area contributed by atoms with Gasteiger partial charge in [-0.2, -0.15) is 4.39 Å². The van der Waals surface area contributed by atoms with Crippen molar-refractivity contribution in [2.45, 2.75) is 25.6 Å². The van der Waals surface area contributed by atoms with Gasteiger partial charge in [-0.15, -0.1) is 0 Å². The maximum absolute atomic E-state index is 14.9. The fraction of sp³-hybridized carbons (Fsp3) is 0.259. The third-order valence-electron chi connectivity index (χ3n) is 5.68. The summed E-state index contributed by atoms with van der Waals surface area (Å²) < 4.78 is 74.8. The van der Waals surface area contributed by atoms with Crippen LogP contribution in [0.4, 0.5) is 17.6 Å². The Hall–Kier alpha value is -3.16. The zero-order valence-corrected chi connectivity index (χ0v) is 18.6. The van der Waals surface area contributed by atoms with Crippen LogP contribution in [0.3, 0.4) is 0 Å². The van der Waals surface area contributed by atoms with Crippen LogP contribution in [-0.4, -0.2) is 26.1 Å². The first-order valence-corrected chi connectivity index (χ1v) is 11.0. The molecule has 3 aromatic rings. The average Bonchev–Trinajstić information content (AvgIpc) is 2.87. The predicted molar refractivity (Wildman–Crippen MR) is 122 cm³/mol. The number of hydrogen-bond acceptors (Lipinski definition) is 3. The second-order valence-corrected chi connectivity index (χ2v) is 7.96. The third kappa shape index (κ3) is 4.72. The van der Waals surface area contributed by atoms with Gasteiger partial charge < -0.3 is 14.2 Å². The molecule has 0 radical (unpaired) electrons. The van der Waals surface area contributed by atoms with E-state index >= 15 is 0 Å². The summed E-state index contributed by atoms with van der Waals surface area (Å²) in [5, 5.41) is 0. The largest absolute Gasteiger partial charge is 0.490 e. The van der Waals surface area contributed by atoms with Crippen LogP contribution in [0.25, 0.3) is 22.3 Å². The molecule has 0 atom stereocenters. The first-order valence-electron chi connectivity index (χ1n) is 11.0. The lowest BCUT2D eigenvalue weighted by molar-refractivity contribution is -0.159. The summed E-state index contributed by atoms with van der Waals surface area (Å²) in [7, 11) is 0. The van der Waals surface area contributed by atoms with Crippen molar-refractivity contribution >= 4 is 0 Å². The van der Waals surface area contributed by atoms with Crippen molar-refractivity contribution in [3.8, 4) is 28.0 Å². The minimum Gasteiger partial charge on any atom is -0.490 e. The quantitative estimate of drug-likeness (QED) is 0.274. The number of hydrogen-bond donors (Lipinski definition) is 0. The molecule has 1 aliphatic rings. The third-order valence-corrected chi connectivity index (χ3v) is 5.68. The van der Waals surface area contributed by atoms with Gasteiger partial charge in [0.25, 0.3) is 0 Å². The number of rotatable bonds is 7. The molecular formula is C27H24F4O3. The molecule has 3 nitrogen and oxygen atoms in total. The summed E-state index contributed by atoms with van der Waals surface area (Å²) in [5.41, 5.74) is 1.07. The monoisotopic (exact) mass is 472 g/mol. The molecule has 0 aromatic heterocycles. The van der Waals surface area contributed by atoms with Gasteiger partial charge in [-0.1, -0.05) is 49.9 Å². The lowest BCUT2D eigenvalue weighted by Gasteiger charge is -2.28. The molecule has 34 heavy (non-hydrogen) atoms. The fourth-order valence-electron chi connectivity index (χ4n) is 3.84. The van der Waals surface area contributed by atoms with E-state index in [1.54, 1.807) is 0 Å². The van der Waals surface area contributed by atoms with Crippen molar-refractivity contribution in [1.82, 2.24) is 0 Å². The number of ether oxygens (including phenoxy) is 3. The normalized spacial score (nSPS) is 18.0. The van der Waals surface area contributed by atoms with E-state index in [0.717, 1.165) is 0 Å². The van der Waals surface area contributed by atoms with Gasteiger partial charge in [-0.05, 0) is 41.3 Å². The molecule has 0 N–H and O–H groups in total. The second-order valence-electron chi connectivity index (χ2n) is 7.96. The summed E-state index contributed by atoms with van der Waals surface area (Å²) in [6.45, 7) is 6.09. The fourth-order valence-corrected chi connectivity index (χ4v) is 3.84.